The minimum atomic E-state index is 0.850. The Labute approximate surface area is 131 Å². The van der Waals surface area contributed by atoms with Crippen molar-refractivity contribution in [2.75, 3.05) is 7.11 Å². The summed E-state index contributed by atoms with van der Waals surface area (Å²) in [5.74, 6) is 0.850. The molecule has 0 spiro atoms. The van der Waals surface area contributed by atoms with Gasteiger partial charge in [-0.25, -0.2) is 0 Å². The number of hydrogen-bond acceptors (Lipinski definition) is 2. The molecule has 22 heavy (non-hydrogen) atoms. The fourth-order valence-corrected chi connectivity index (χ4v) is 2.49. The second-order valence-corrected chi connectivity index (χ2v) is 5.26. The summed E-state index contributed by atoms with van der Waals surface area (Å²) in [5.41, 5.74) is 4.62. The average Bonchev–Trinajstić information content (AvgIpc) is 3.09. The second-order valence-electron chi connectivity index (χ2n) is 5.26. The molecule has 0 radical (unpaired) electrons. The molecule has 2 nitrogen and oxygen atoms in total. The van der Waals surface area contributed by atoms with E-state index in [2.05, 4.69) is 42.5 Å². The molecule has 0 saturated carbocycles. The Morgan fingerprint density at radius 1 is 1.05 bits per heavy atom. The summed E-state index contributed by atoms with van der Waals surface area (Å²) in [5, 5.41) is 0. The first-order valence-corrected chi connectivity index (χ1v) is 7.47. The van der Waals surface area contributed by atoms with Crippen LogP contribution < -0.4 is 4.74 Å². The van der Waals surface area contributed by atoms with Crippen molar-refractivity contribution in [3.8, 4) is 5.75 Å². The van der Waals surface area contributed by atoms with Gasteiger partial charge >= 0.3 is 0 Å². The molecular formula is C20H19NO. The third-order valence-corrected chi connectivity index (χ3v) is 3.69. The van der Waals surface area contributed by atoms with Gasteiger partial charge < -0.3 is 4.74 Å². The molecule has 1 aliphatic rings. The van der Waals surface area contributed by atoms with Gasteiger partial charge in [0.1, 0.15) is 5.75 Å². The van der Waals surface area contributed by atoms with E-state index in [9.17, 15) is 0 Å². The average molecular weight is 289 g/mol. The fraction of sp³-hybridized carbons (Fsp3) is 0.150. The van der Waals surface area contributed by atoms with Crippen molar-refractivity contribution < 1.29 is 4.74 Å². The first-order valence-electron chi connectivity index (χ1n) is 7.47. The first kappa shape index (κ1) is 14.3. The molecule has 0 fully saturated rings. The maximum atomic E-state index is 5.20. The van der Waals surface area contributed by atoms with E-state index >= 15 is 0 Å². The van der Waals surface area contributed by atoms with Crippen molar-refractivity contribution >= 4 is 11.4 Å². The molecular weight excluding hydrogens is 270 g/mol. The molecule has 0 aromatic heterocycles. The molecule has 0 heterocycles. The van der Waals surface area contributed by atoms with Crippen LogP contribution >= 0.6 is 0 Å². The number of aliphatic imine (C=N–C) groups is 1. The number of benzene rings is 2. The lowest BCUT2D eigenvalue weighted by Crippen LogP contribution is -2.02. The summed E-state index contributed by atoms with van der Waals surface area (Å²) in [6.45, 7) is 0. The monoisotopic (exact) mass is 289 g/mol. The predicted molar refractivity (Wildman–Crippen MR) is 92.1 cm³/mol. The molecule has 0 amide bonds. The molecule has 1 aliphatic carbocycles. The van der Waals surface area contributed by atoms with Crippen LogP contribution in [0.1, 0.15) is 18.4 Å². The second kappa shape index (κ2) is 6.90. The van der Waals surface area contributed by atoms with Crippen LogP contribution in [0.15, 0.2) is 83.4 Å². The van der Waals surface area contributed by atoms with Crippen LogP contribution in [0.3, 0.4) is 0 Å². The van der Waals surface area contributed by atoms with Crippen LogP contribution in [0.25, 0.3) is 0 Å². The van der Waals surface area contributed by atoms with Crippen molar-refractivity contribution in [3.63, 3.8) is 0 Å². The van der Waals surface area contributed by atoms with Crippen LogP contribution in [0, 0.1) is 0 Å². The molecule has 3 rings (SSSR count). The first-order chi connectivity index (χ1) is 10.8. The Morgan fingerprint density at radius 2 is 1.82 bits per heavy atom. The van der Waals surface area contributed by atoms with Crippen LogP contribution in [0.5, 0.6) is 5.75 Å². The van der Waals surface area contributed by atoms with Crippen molar-refractivity contribution in [2.24, 2.45) is 4.99 Å². The van der Waals surface area contributed by atoms with Gasteiger partial charge in [0.2, 0.25) is 0 Å². The molecule has 2 aromatic rings. The highest BCUT2D eigenvalue weighted by Gasteiger charge is 2.08. The largest absolute Gasteiger partial charge is 0.497 e. The normalized spacial score (nSPS) is 14.0. The third kappa shape index (κ3) is 3.53. The van der Waals surface area contributed by atoms with Gasteiger partial charge in [-0.15, -0.1) is 0 Å². The molecule has 0 saturated heterocycles. The summed E-state index contributed by atoms with van der Waals surface area (Å²) in [7, 11) is 1.67. The molecule has 2 heteroatoms. The molecule has 0 N–H and O–H groups in total. The molecule has 0 bridgehead atoms. The van der Waals surface area contributed by atoms with Crippen molar-refractivity contribution in [2.45, 2.75) is 12.8 Å². The van der Waals surface area contributed by atoms with Crippen molar-refractivity contribution in [1.29, 1.82) is 0 Å². The molecule has 0 unspecified atom stereocenters. The standard InChI is InChI=1S/C20H19NO/c1-22-19-13-11-18(12-14-19)21-20(15-16-7-5-6-8-16)17-9-3-2-4-10-17/h2-7,9-14H,8,15H2,1H3/b21-20-. The van der Waals surface area contributed by atoms with Crippen LogP contribution in [-0.2, 0) is 0 Å². The maximum absolute atomic E-state index is 5.20. The van der Waals surface area contributed by atoms with Gasteiger partial charge in [0.05, 0.1) is 18.5 Å². The predicted octanol–water partition coefficient (Wildman–Crippen LogP) is 5.09. The lowest BCUT2D eigenvalue weighted by molar-refractivity contribution is 0.415. The lowest BCUT2D eigenvalue weighted by atomic mass is 10.0. The topological polar surface area (TPSA) is 21.6 Å². The summed E-state index contributed by atoms with van der Waals surface area (Å²) in [6.07, 6.45) is 8.39. The van der Waals surface area contributed by atoms with E-state index in [-0.39, 0.29) is 0 Å². The van der Waals surface area contributed by atoms with Crippen LogP contribution in [-0.4, -0.2) is 12.8 Å². The van der Waals surface area contributed by atoms with Crippen LogP contribution in [0.2, 0.25) is 0 Å². The van der Waals surface area contributed by atoms with E-state index in [0.717, 1.165) is 30.0 Å². The molecule has 0 aliphatic heterocycles. The summed E-state index contributed by atoms with van der Waals surface area (Å²) < 4.78 is 5.20. The Bertz CT molecular complexity index is 709. The van der Waals surface area contributed by atoms with Crippen molar-refractivity contribution in [1.82, 2.24) is 0 Å². The SMILES string of the molecule is COc1ccc(/N=C(/CC2=CC=CC2)c2ccccc2)cc1. The van der Waals surface area contributed by atoms with Gasteiger partial charge in [-0.05, 0) is 36.2 Å². The van der Waals surface area contributed by atoms with Gasteiger partial charge in [-0.1, -0.05) is 54.1 Å². The Hall–Kier alpha value is -2.61. The lowest BCUT2D eigenvalue weighted by Gasteiger charge is -2.09. The summed E-state index contributed by atoms with van der Waals surface area (Å²) in [4.78, 5) is 4.86. The van der Waals surface area contributed by atoms with E-state index in [1.54, 1.807) is 7.11 Å². The van der Waals surface area contributed by atoms with Crippen molar-refractivity contribution in [3.05, 3.63) is 84.0 Å². The molecule has 110 valence electrons. The number of nitrogens with zero attached hydrogens (tertiary/aromatic N) is 1. The van der Waals surface area contributed by atoms with E-state index in [1.807, 2.05) is 30.3 Å². The minimum absolute atomic E-state index is 0.850. The number of hydrogen-bond donors (Lipinski definition) is 0. The number of rotatable bonds is 5. The quantitative estimate of drug-likeness (QED) is 0.702. The van der Waals surface area contributed by atoms with Gasteiger partial charge in [0.25, 0.3) is 0 Å². The zero-order valence-electron chi connectivity index (χ0n) is 12.7. The Kier molecular flexibility index (Phi) is 4.50. The summed E-state index contributed by atoms with van der Waals surface area (Å²) in [6, 6.07) is 18.2. The van der Waals surface area contributed by atoms with E-state index in [0.29, 0.717) is 0 Å². The van der Waals surface area contributed by atoms with E-state index in [4.69, 9.17) is 9.73 Å². The third-order valence-electron chi connectivity index (χ3n) is 3.69. The van der Waals surface area contributed by atoms with Gasteiger partial charge in [-0.3, -0.25) is 4.99 Å². The number of ether oxygens (including phenoxy) is 1. The Balaban J connectivity index is 1.91. The highest BCUT2D eigenvalue weighted by Crippen LogP contribution is 2.23. The molecule has 0 atom stereocenters. The highest BCUT2D eigenvalue weighted by atomic mass is 16.5. The highest BCUT2D eigenvalue weighted by molar-refractivity contribution is 6.03. The van der Waals surface area contributed by atoms with Gasteiger partial charge in [-0.2, -0.15) is 0 Å². The fourth-order valence-electron chi connectivity index (χ4n) is 2.49. The van der Waals surface area contributed by atoms with Crippen LogP contribution in [0.4, 0.5) is 5.69 Å². The maximum Gasteiger partial charge on any atom is 0.119 e. The number of methoxy groups -OCH3 is 1. The van der Waals surface area contributed by atoms with E-state index in [1.165, 1.54) is 11.1 Å². The zero-order chi connectivity index (χ0) is 15.2. The zero-order valence-corrected chi connectivity index (χ0v) is 12.7. The minimum Gasteiger partial charge on any atom is -0.497 e. The van der Waals surface area contributed by atoms with E-state index < -0.39 is 0 Å². The Morgan fingerprint density at radius 3 is 2.45 bits per heavy atom. The molecule has 2 aromatic carbocycles. The van der Waals surface area contributed by atoms with Gasteiger partial charge in [0, 0.05) is 6.42 Å². The number of allylic oxidation sites excluding steroid dienone is 4. The van der Waals surface area contributed by atoms with Gasteiger partial charge in [0.15, 0.2) is 0 Å². The summed E-state index contributed by atoms with van der Waals surface area (Å²) >= 11 is 0. The smallest absolute Gasteiger partial charge is 0.119 e.